The molecule has 0 aliphatic heterocycles. The Morgan fingerprint density at radius 1 is 0.559 bits per heavy atom. The van der Waals surface area contributed by atoms with Crippen LogP contribution >= 0.6 is 0 Å². The molecular formula is C30H36N2O2. The Bertz CT molecular complexity index is 1010. The highest BCUT2D eigenvalue weighted by atomic mass is 16.1. The van der Waals surface area contributed by atoms with Crippen LogP contribution in [0.15, 0.2) is 11.1 Å². The first kappa shape index (κ1) is 21.4. The summed E-state index contributed by atoms with van der Waals surface area (Å²) in [5, 5.41) is 20.1. The summed E-state index contributed by atoms with van der Waals surface area (Å²) in [4.78, 5) is 28.3. The molecule has 0 amide bonds. The summed E-state index contributed by atoms with van der Waals surface area (Å²) in [7, 11) is 0. The topological polar surface area (TPSA) is 81.7 Å². The monoisotopic (exact) mass is 456 g/mol. The van der Waals surface area contributed by atoms with Gasteiger partial charge >= 0.3 is 0 Å². The minimum atomic E-state index is 0.00480. The fourth-order valence-electron chi connectivity index (χ4n) is 11.4. The molecule has 178 valence electrons. The third-order valence-corrected chi connectivity index (χ3v) is 12.1. The van der Waals surface area contributed by atoms with Crippen LogP contribution in [0.4, 0.5) is 0 Å². The summed E-state index contributed by atoms with van der Waals surface area (Å²) in [5.74, 6) is 3.74. The molecule has 0 aromatic rings. The van der Waals surface area contributed by atoms with Crippen LogP contribution in [0, 0.1) is 93.7 Å². The second-order valence-electron chi connectivity index (χ2n) is 12.8. The predicted octanol–water partition coefficient (Wildman–Crippen LogP) is 5.64. The highest BCUT2D eigenvalue weighted by molar-refractivity contribution is 5.92. The Morgan fingerprint density at radius 2 is 0.941 bits per heavy atom. The number of hydrogen-bond donors (Lipinski definition) is 0. The highest BCUT2D eigenvalue weighted by Gasteiger charge is 2.71. The molecule has 7 saturated carbocycles. The van der Waals surface area contributed by atoms with Gasteiger partial charge in [0.05, 0.1) is 0 Å². The van der Waals surface area contributed by atoms with Crippen LogP contribution in [0.1, 0.15) is 77.0 Å². The van der Waals surface area contributed by atoms with Crippen LogP contribution in [-0.4, -0.2) is 11.6 Å². The number of hydrogen-bond acceptors (Lipinski definition) is 4. The molecule has 0 aromatic carbocycles. The first-order chi connectivity index (χ1) is 16.7. The zero-order valence-corrected chi connectivity index (χ0v) is 20.1. The number of allylic oxidation sites excluding steroid dienone is 2. The van der Waals surface area contributed by atoms with Crippen LogP contribution in [0.3, 0.4) is 0 Å². The van der Waals surface area contributed by atoms with Gasteiger partial charge in [0, 0.05) is 23.7 Å². The normalized spacial score (nSPS) is 50.7. The lowest BCUT2D eigenvalue weighted by Crippen LogP contribution is -2.49. The van der Waals surface area contributed by atoms with Gasteiger partial charge in [0.1, 0.15) is 29.3 Å². The molecule has 7 aliphatic carbocycles. The number of nitriles is 2. The van der Waals surface area contributed by atoms with Crippen LogP contribution in [0.5, 0.6) is 0 Å². The molecule has 0 N–H and O–H groups in total. The van der Waals surface area contributed by atoms with Crippen LogP contribution in [-0.2, 0) is 9.59 Å². The summed E-state index contributed by atoms with van der Waals surface area (Å²) in [5.41, 5.74) is 1.44. The third kappa shape index (κ3) is 2.59. The lowest BCUT2D eigenvalue weighted by atomic mass is 9.54. The van der Waals surface area contributed by atoms with E-state index >= 15 is 0 Å². The maximum atomic E-state index is 14.2. The van der Waals surface area contributed by atoms with E-state index in [0.717, 1.165) is 63.4 Å². The zero-order chi connectivity index (χ0) is 23.1. The average Bonchev–Trinajstić information content (AvgIpc) is 3.47. The van der Waals surface area contributed by atoms with E-state index in [2.05, 4.69) is 12.1 Å². The van der Waals surface area contributed by atoms with Gasteiger partial charge in [0.25, 0.3) is 0 Å². The number of ketones is 2. The second-order valence-corrected chi connectivity index (χ2v) is 12.8. The molecular weight excluding hydrogens is 420 g/mol. The summed E-state index contributed by atoms with van der Waals surface area (Å²) < 4.78 is 0. The number of carbonyl (C=O) groups is 2. The predicted molar refractivity (Wildman–Crippen MR) is 126 cm³/mol. The van der Waals surface area contributed by atoms with Gasteiger partial charge < -0.3 is 0 Å². The van der Waals surface area contributed by atoms with Crippen molar-refractivity contribution < 1.29 is 9.59 Å². The standard InChI is InChI=1S/C30H36N2O2/c31-13-15(14-32)22-16-7-1-2-8-17(16)23-26(22)24-18-9-3-5-11-20(18)29(33)28(24)25-19-10-4-6-12-21(19)30(34)27(23)25/h16-21,23-28H,1-12H2. The number of carbonyl (C=O) groups excluding carboxylic acids is 2. The summed E-state index contributed by atoms with van der Waals surface area (Å²) in [6, 6.07) is 4.58. The van der Waals surface area contributed by atoms with E-state index in [4.69, 9.17) is 0 Å². The molecule has 0 saturated heterocycles. The molecule has 0 aromatic heterocycles. The SMILES string of the molecule is N#CC(C#N)=C1C2CCCCC2C2C3C(=O)C4CCCCC4C3C3C(=O)C4CCCCC4C3C12. The smallest absolute Gasteiger partial charge is 0.139 e. The maximum Gasteiger partial charge on any atom is 0.139 e. The van der Waals surface area contributed by atoms with Crippen molar-refractivity contribution >= 4 is 11.6 Å². The van der Waals surface area contributed by atoms with Crippen LogP contribution in [0.2, 0.25) is 0 Å². The molecule has 4 nitrogen and oxygen atoms in total. The molecule has 34 heavy (non-hydrogen) atoms. The van der Waals surface area contributed by atoms with Crippen LogP contribution < -0.4 is 0 Å². The van der Waals surface area contributed by atoms with Gasteiger partial charge in [-0.1, -0.05) is 38.5 Å². The van der Waals surface area contributed by atoms with Crippen LogP contribution in [0.25, 0.3) is 0 Å². The first-order valence-corrected chi connectivity index (χ1v) is 14.3. The van der Waals surface area contributed by atoms with Gasteiger partial charge in [-0.2, -0.15) is 10.5 Å². The fourth-order valence-corrected chi connectivity index (χ4v) is 11.4. The molecule has 0 bridgehead atoms. The third-order valence-electron chi connectivity index (χ3n) is 12.1. The van der Waals surface area contributed by atoms with Crippen molar-refractivity contribution in [3.05, 3.63) is 11.1 Å². The molecule has 7 fully saturated rings. The summed E-state index contributed by atoms with van der Waals surface area (Å²) in [6.07, 6.45) is 13.5. The number of fused-ring (bicyclic) bond motifs is 12. The van der Waals surface area contributed by atoms with E-state index in [1.54, 1.807) is 0 Å². The van der Waals surface area contributed by atoms with E-state index < -0.39 is 0 Å². The fraction of sp³-hybridized carbons (Fsp3) is 0.800. The first-order valence-electron chi connectivity index (χ1n) is 14.3. The van der Waals surface area contributed by atoms with Crippen molar-refractivity contribution in [1.82, 2.24) is 0 Å². The molecule has 0 heterocycles. The van der Waals surface area contributed by atoms with Crippen molar-refractivity contribution in [2.45, 2.75) is 77.0 Å². The largest absolute Gasteiger partial charge is 0.299 e. The van der Waals surface area contributed by atoms with Crippen molar-refractivity contribution in [3.8, 4) is 12.1 Å². The Morgan fingerprint density at radius 3 is 1.41 bits per heavy atom. The molecule has 0 spiro atoms. The molecule has 12 unspecified atom stereocenters. The van der Waals surface area contributed by atoms with Crippen molar-refractivity contribution in [3.63, 3.8) is 0 Å². The van der Waals surface area contributed by atoms with E-state index in [1.165, 1.54) is 19.3 Å². The van der Waals surface area contributed by atoms with E-state index in [-0.39, 0.29) is 53.3 Å². The highest BCUT2D eigenvalue weighted by Crippen LogP contribution is 2.72. The maximum absolute atomic E-state index is 14.2. The van der Waals surface area contributed by atoms with E-state index in [9.17, 15) is 20.1 Å². The van der Waals surface area contributed by atoms with Crippen molar-refractivity contribution in [2.24, 2.45) is 71.0 Å². The lowest BCUT2D eigenvalue weighted by Gasteiger charge is -2.49. The number of Topliss-reactive ketones (excluding diaryl/α,β-unsaturated/α-hetero) is 2. The lowest BCUT2D eigenvalue weighted by molar-refractivity contribution is -0.134. The average molecular weight is 457 g/mol. The Labute approximate surface area is 203 Å². The van der Waals surface area contributed by atoms with Gasteiger partial charge in [0.15, 0.2) is 0 Å². The van der Waals surface area contributed by atoms with Gasteiger partial charge in [-0.15, -0.1) is 0 Å². The Kier molecular flexibility index (Phi) is 4.89. The number of nitrogens with zero attached hydrogens (tertiary/aromatic N) is 2. The van der Waals surface area contributed by atoms with Gasteiger partial charge in [-0.25, -0.2) is 0 Å². The molecule has 7 aliphatic rings. The second kappa shape index (κ2) is 7.78. The van der Waals surface area contributed by atoms with E-state index in [1.807, 2.05) is 0 Å². The minimum Gasteiger partial charge on any atom is -0.299 e. The van der Waals surface area contributed by atoms with Gasteiger partial charge in [0.2, 0.25) is 0 Å². The quantitative estimate of drug-likeness (QED) is 0.442. The Hall–Kier alpha value is -1.94. The molecule has 7 rings (SSSR count). The summed E-state index contributed by atoms with van der Waals surface area (Å²) >= 11 is 0. The molecule has 0 radical (unpaired) electrons. The zero-order valence-electron chi connectivity index (χ0n) is 20.1. The minimum absolute atomic E-state index is 0.00480. The number of rotatable bonds is 0. The van der Waals surface area contributed by atoms with Crippen molar-refractivity contribution in [1.29, 1.82) is 10.5 Å². The van der Waals surface area contributed by atoms with E-state index in [0.29, 0.717) is 34.9 Å². The molecule has 12 atom stereocenters. The molecule has 4 heteroatoms. The van der Waals surface area contributed by atoms with Gasteiger partial charge in [-0.05, 0) is 91.4 Å². The van der Waals surface area contributed by atoms with Crippen molar-refractivity contribution in [2.75, 3.05) is 0 Å². The summed E-state index contributed by atoms with van der Waals surface area (Å²) in [6.45, 7) is 0. The Balaban J connectivity index is 1.45. The van der Waals surface area contributed by atoms with Gasteiger partial charge in [-0.3, -0.25) is 9.59 Å².